The lowest BCUT2D eigenvalue weighted by molar-refractivity contribution is -0.137. The van der Waals surface area contributed by atoms with E-state index in [1.807, 2.05) is 6.07 Å². The molecule has 1 aromatic carbocycles. The Kier molecular flexibility index (Phi) is 3.53. The van der Waals surface area contributed by atoms with Crippen LogP contribution in [0.3, 0.4) is 0 Å². The smallest absolute Gasteiger partial charge is 0.322 e. The highest BCUT2D eigenvalue weighted by atomic mass is 35.5. The van der Waals surface area contributed by atoms with Gasteiger partial charge in [-0.05, 0) is 23.8 Å². The van der Waals surface area contributed by atoms with Crippen LogP contribution in [0.15, 0.2) is 24.4 Å². The van der Waals surface area contributed by atoms with Gasteiger partial charge in [0.1, 0.15) is 6.54 Å². The molecule has 0 saturated carbocycles. The number of carboxylic acid groups (broad SMARTS) is 1. The van der Waals surface area contributed by atoms with E-state index in [0.29, 0.717) is 5.02 Å². The second-order valence-corrected chi connectivity index (χ2v) is 4.29. The minimum absolute atomic E-state index is 0.119. The van der Waals surface area contributed by atoms with Crippen LogP contribution in [-0.2, 0) is 16.0 Å². The average Bonchev–Trinajstić information content (AvgIpc) is 2.69. The quantitative estimate of drug-likeness (QED) is 0.785. The van der Waals surface area contributed by atoms with Gasteiger partial charge in [-0.25, -0.2) is 0 Å². The molecule has 0 radical (unpaired) electrons. The number of aromatic amines is 1. The van der Waals surface area contributed by atoms with Crippen LogP contribution >= 0.6 is 11.6 Å². The topological polar surface area (TPSA) is 82.2 Å². The first kappa shape index (κ1) is 12.4. The van der Waals surface area contributed by atoms with Crippen molar-refractivity contribution in [1.29, 1.82) is 0 Å². The number of carbonyl (C=O) groups is 2. The Morgan fingerprint density at radius 1 is 1.39 bits per heavy atom. The molecule has 0 spiro atoms. The molecule has 6 heteroatoms. The number of carbonyl (C=O) groups excluding carboxylic acids is 1. The summed E-state index contributed by atoms with van der Waals surface area (Å²) in [6, 6.07) is 5.36. The monoisotopic (exact) mass is 266 g/mol. The van der Waals surface area contributed by atoms with Crippen molar-refractivity contribution in [3.05, 3.63) is 35.0 Å². The van der Waals surface area contributed by atoms with Crippen LogP contribution in [0.1, 0.15) is 5.56 Å². The predicted octanol–water partition coefficient (Wildman–Crippen LogP) is 1.56. The van der Waals surface area contributed by atoms with Gasteiger partial charge in [0.05, 0.1) is 6.42 Å². The fourth-order valence-corrected chi connectivity index (χ4v) is 1.88. The number of hydrogen-bond donors (Lipinski definition) is 3. The van der Waals surface area contributed by atoms with Crippen molar-refractivity contribution in [2.45, 2.75) is 6.42 Å². The molecule has 0 unspecified atom stereocenters. The van der Waals surface area contributed by atoms with Crippen molar-refractivity contribution in [3.63, 3.8) is 0 Å². The van der Waals surface area contributed by atoms with Gasteiger partial charge in [-0.1, -0.05) is 11.6 Å². The van der Waals surface area contributed by atoms with Crippen LogP contribution in [0.25, 0.3) is 10.9 Å². The van der Waals surface area contributed by atoms with Gasteiger partial charge in [0.2, 0.25) is 5.91 Å². The Morgan fingerprint density at radius 3 is 2.89 bits per heavy atom. The standard InChI is InChI=1S/C12H11ClN2O3/c13-8-1-2-10-9(4-8)7(5-14-10)3-11(16)15-6-12(17)18/h1-2,4-5,14H,3,6H2,(H,15,16)(H,17,18). The number of carboxylic acids is 1. The van der Waals surface area contributed by atoms with E-state index in [2.05, 4.69) is 10.3 Å². The predicted molar refractivity (Wildman–Crippen MR) is 67.7 cm³/mol. The van der Waals surface area contributed by atoms with E-state index >= 15 is 0 Å². The number of amides is 1. The van der Waals surface area contributed by atoms with Crippen LogP contribution in [0.2, 0.25) is 5.02 Å². The molecule has 0 atom stereocenters. The van der Waals surface area contributed by atoms with E-state index in [4.69, 9.17) is 16.7 Å². The lowest BCUT2D eigenvalue weighted by Crippen LogP contribution is -2.30. The number of aromatic nitrogens is 1. The molecule has 1 heterocycles. The molecule has 18 heavy (non-hydrogen) atoms. The summed E-state index contributed by atoms with van der Waals surface area (Å²) in [5, 5.41) is 12.2. The summed E-state index contributed by atoms with van der Waals surface area (Å²) < 4.78 is 0. The zero-order chi connectivity index (χ0) is 13.1. The summed E-state index contributed by atoms with van der Waals surface area (Å²) in [5.41, 5.74) is 1.68. The van der Waals surface area contributed by atoms with Gasteiger partial charge in [-0.3, -0.25) is 9.59 Å². The Morgan fingerprint density at radius 2 is 2.17 bits per heavy atom. The molecule has 0 aliphatic heterocycles. The number of halogens is 1. The van der Waals surface area contributed by atoms with E-state index in [1.165, 1.54) is 0 Å². The number of H-pyrrole nitrogens is 1. The van der Waals surface area contributed by atoms with Gasteiger partial charge in [0.25, 0.3) is 0 Å². The third kappa shape index (κ3) is 2.81. The Balaban J connectivity index is 2.14. The SMILES string of the molecule is O=C(O)CNC(=O)Cc1c[nH]c2ccc(Cl)cc12. The van der Waals surface area contributed by atoms with E-state index in [1.54, 1.807) is 18.3 Å². The fraction of sp³-hybridized carbons (Fsp3) is 0.167. The number of rotatable bonds is 4. The van der Waals surface area contributed by atoms with Crippen molar-refractivity contribution in [3.8, 4) is 0 Å². The van der Waals surface area contributed by atoms with Gasteiger partial charge in [-0.15, -0.1) is 0 Å². The summed E-state index contributed by atoms with van der Waals surface area (Å²) in [6.07, 6.45) is 1.84. The van der Waals surface area contributed by atoms with Gasteiger partial charge in [0, 0.05) is 22.1 Å². The van der Waals surface area contributed by atoms with Crippen LogP contribution in [-0.4, -0.2) is 28.5 Å². The highest BCUT2D eigenvalue weighted by Gasteiger charge is 2.09. The maximum absolute atomic E-state index is 11.5. The highest BCUT2D eigenvalue weighted by Crippen LogP contribution is 2.22. The third-order valence-corrected chi connectivity index (χ3v) is 2.75. The molecule has 1 aromatic heterocycles. The summed E-state index contributed by atoms with van der Waals surface area (Å²) in [6.45, 7) is -0.373. The second kappa shape index (κ2) is 5.10. The Hall–Kier alpha value is -2.01. The first-order valence-electron chi connectivity index (χ1n) is 5.30. The van der Waals surface area contributed by atoms with E-state index in [-0.39, 0.29) is 18.9 Å². The molecule has 2 rings (SSSR count). The average molecular weight is 267 g/mol. The molecular weight excluding hydrogens is 256 g/mol. The highest BCUT2D eigenvalue weighted by molar-refractivity contribution is 6.31. The van der Waals surface area contributed by atoms with Crippen LogP contribution in [0.5, 0.6) is 0 Å². The minimum atomic E-state index is -1.06. The van der Waals surface area contributed by atoms with Gasteiger partial charge >= 0.3 is 5.97 Å². The molecule has 0 bridgehead atoms. The van der Waals surface area contributed by atoms with Gasteiger partial charge in [-0.2, -0.15) is 0 Å². The second-order valence-electron chi connectivity index (χ2n) is 3.85. The lowest BCUT2D eigenvalue weighted by atomic mass is 10.1. The van der Waals surface area contributed by atoms with Crippen molar-refractivity contribution in [1.82, 2.24) is 10.3 Å². The van der Waals surface area contributed by atoms with Crippen LogP contribution in [0.4, 0.5) is 0 Å². The van der Waals surface area contributed by atoms with E-state index in [0.717, 1.165) is 16.5 Å². The first-order valence-corrected chi connectivity index (χ1v) is 5.68. The number of aliphatic carboxylic acids is 1. The number of hydrogen-bond acceptors (Lipinski definition) is 2. The van der Waals surface area contributed by atoms with Crippen molar-refractivity contribution in [2.24, 2.45) is 0 Å². The molecule has 1 amide bonds. The molecule has 0 aliphatic rings. The molecular formula is C12H11ClN2O3. The van der Waals surface area contributed by atoms with Crippen LogP contribution in [0, 0.1) is 0 Å². The normalized spacial score (nSPS) is 10.5. The maximum Gasteiger partial charge on any atom is 0.322 e. The Labute approximate surface area is 108 Å². The number of nitrogens with one attached hydrogen (secondary N) is 2. The number of fused-ring (bicyclic) bond motifs is 1. The van der Waals surface area contributed by atoms with Crippen molar-refractivity contribution < 1.29 is 14.7 Å². The maximum atomic E-state index is 11.5. The fourth-order valence-electron chi connectivity index (χ4n) is 1.71. The Bertz CT molecular complexity index is 606. The first-order chi connectivity index (χ1) is 8.56. The molecule has 94 valence electrons. The zero-order valence-corrected chi connectivity index (χ0v) is 10.1. The van der Waals surface area contributed by atoms with E-state index < -0.39 is 5.97 Å². The zero-order valence-electron chi connectivity index (χ0n) is 9.37. The van der Waals surface area contributed by atoms with Gasteiger partial charge < -0.3 is 15.4 Å². The minimum Gasteiger partial charge on any atom is -0.480 e. The summed E-state index contributed by atoms with van der Waals surface area (Å²) in [4.78, 5) is 24.9. The third-order valence-electron chi connectivity index (χ3n) is 2.52. The van der Waals surface area contributed by atoms with Crippen molar-refractivity contribution >= 4 is 34.4 Å². The molecule has 5 nitrogen and oxygen atoms in total. The summed E-state index contributed by atoms with van der Waals surface area (Å²) in [7, 11) is 0. The summed E-state index contributed by atoms with van der Waals surface area (Å²) >= 11 is 5.89. The molecule has 0 saturated heterocycles. The largest absolute Gasteiger partial charge is 0.480 e. The molecule has 3 N–H and O–H groups in total. The van der Waals surface area contributed by atoms with E-state index in [9.17, 15) is 9.59 Å². The molecule has 0 fully saturated rings. The van der Waals surface area contributed by atoms with Gasteiger partial charge in [0.15, 0.2) is 0 Å². The summed E-state index contributed by atoms with van der Waals surface area (Å²) in [5.74, 6) is -1.40. The van der Waals surface area contributed by atoms with Crippen LogP contribution < -0.4 is 5.32 Å². The molecule has 0 aliphatic carbocycles. The lowest BCUT2D eigenvalue weighted by Gasteiger charge is -2.01. The van der Waals surface area contributed by atoms with Crippen molar-refractivity contribution in [2.75, 3.05) is 6.54 Å². The molecule has 2 aromatic rings. The number of benzene rings is 1.